The predicted octanol–water partition coefficient (Wildman–Crippen LogP) is 2.44. The van der Waals surface area contributed by atoms with E-state index in [9.17, 15) is 4.79 Å². The van der Waals surface area contributed by atoms with Gasteiger partial charge in [-0.3, -0.25) is 4.79 Å². The standard InChI is InChI=1S/C16H24N4O2.HI/c1-12(2)22-14-7-5-13(6-8-14)19-16(17)18-11-15(21)20-9-3-4-10-20;/h5-8,12H,3-4,9-11H2,1-2H3,(H3,17,18,19);1H. The third-order valence-electron chi connectivity index (χ3n) is 3.34. The normalized spacial score (nSPS) is 14.6. The van der Waals surface area contributed by atoms with Crippen LogP contribution in [0.3, 0.4) is 0 Å². The number of amides is 1. The molecule has 1 fully saturated rings. The lowest BCUT2D eigenvalue weighted by atomic mass is 10.3. The number of nitrogens with two attached hydrogens (primary N) is 1. The molecule has 0 aromatic heterocycles. The highest BCUT2D eigenvalue weighted by Gasteiger charge is 2.17. The second kappa shape index (κ2) is 9.59. The lowest BCUT2D eigenvalue weighted by Gasteiger charge is -2.14. The molecule has 1 aliphatic heterocycles. The lowest BCUT2D eigenvalue weighted by molar-refractivity contribution is -0.128. The fraction of sp³-hybridized carbons (Fsp3) is 0.500. The number of guanidine groups is 1. The molecule has 0 spiro atoms. The van der Waals surface area contributed by atoms with Gasteiger partial charge < -0.3 is 20.7 Å². The van der Waals surface area contributed by atoms with Crippen molar-refractivity contribution < 1.29 is 9.53 Å². The van der Waals surface area contributed by atoms with Crippen molar-refractivity contribution in [3.05, 3.63) is 24.3 Å². The summed E-state index contributed by atoms with van der Waals surface area (Å²) >= 11 is 0. The highest BCUT2D eigenvalue weighted by molar-refractivity contribution is 14.0. The van der Waals surface area contributed by atoms with Gasteiger partial charge in [-0.1, -0.05) is 0 Å². The minimum atomic E-state index is 0. The van der Waals surface area contributed by atoms with Crippen LogP contribution in [0.2, 0.25) is 0 Å². The minimum absolute atomic E-state index is 0. The molecule has 23 heavy (non-hydrogen) atoms. The first-order valence-electron chi connectivity index (χ1n) is 7.66. The number of rotatable bonds is 5. The van der Waals surface area contributed by atoms with Crippen LogP contribution in [0.1, 0.15) is 26.7 Å². The summed E-state index contributed by atoms with van der Waals surface area (Å²) in [4.78, 5) is 17.8. The average Bonchev–Trinajstić information content (AvgIpc) is 3.00. The second-order valence-electron chi connectivity index (χ2n) is 5.61. The van der Waals surface area contributed by atoms with Crippen molar-refractivity contribution >= 4 is 41.5 Å². The van der Waals surface area contributed by atoms with E-state index >= 15 is 0 Å². The molecule has 7 heteroatoms. The first-order valence-corrected chi connectivity index (χ1v) is 7.66. The maximum Gasteiger partial charge on any atom is 0.244 e. The molecule has 0 radical (unpaired) electrons. The third-order valence-corrected chi connectivity index (χ3v) is 3.34. The van der Waals surface area contributed by atoms with Crippen molar-refractivity contribution in [1.82, 2.24) is 4.90 Å². The summed E-state index contributed by atoms with van der Waals surface area (Å²) in [5.41, 5.74) is 6.62. The molecule has 1 aromatic rings. The van der Waals surface area contributed by atoms with Gasteiger partial charge in [0.2, 0.25) is 5.91 Å². The topological polar surface area (TPSA) is 80.0 Å². The van der Waals surface area contributed by atoms with Crippen molar-refractivity contribution in [3.63, 3.8) is 0 Å². The number of nitrogens with one attached hydrogen (secondary N) is 1. The number of halogens is 1. The summed E-state index contributed by atoms with van der Waals surface area (Å²) in [5, 5.41) is 2.97. The number of nitrogens with zero attached hydrogens (tertiary/aromatic N) is 2. The lowest BCUT2D eigenvalue weighted by Crippen LogP contribution is -2.31. The number of benzene rings is 1. The Balaban J connectivity index is 0.00000264. The van der Waals surface area contributed by atoms with E-state index in [0.29, 0.717) is 0 Å². The van der Waals surface area contributed by atoms with Crippen LogP contribution in [0.4, 0.5) is 5.69 Å². The van der Waals surface area contributed by atoms with Gasteiger partial charge >= 0.3 is 0 Å². The maximum absolute atomic E-state index is 11.9. The average molecular weight is 432 g/mol. The van der Waals surface area contributed by atoms with Crippen molar-refractivity contribution in [2.75, 3.05) is 25.0 Å². The Morgan fingerprint density at radius 2 is 1.91 bits per heavy atom. The molecule has 1 aromatic carbocycles. The third kappa shape index (κ3) is 6.64. The van der Waals surface area contributed by atoms with Gasteiger partial charge in [0, 0.05) is 18.8 Å². The van der Waals surface area contributed by atoms with Gasteiger partial charge in [-0.25, -0.2) is 4.99 Å². The van der Waals surface area contributed by atoms with E-state index in [4.69, 9.17) is 10.5 Å². The summed E-state index contributed by atoms with van der Waals surface area (Å²) in [6.45, 7) is 5.72. The molecular weight excluding hydrogens is 407 g/mol. The number of carbonyl (C=O) groups excluding carboxylic acids is 1. The van der Waals surface area contributed by atoms with E-state index in [2.05, 4.69) is 10.3 Å². The number of likely N-dealkylation sites (tertiary alicyclic amines) is 1. The van der Waals surface area contributed by atoms with Gasteiger partial charge in [0.15, 0.2) is 5.96 Å². The Labute approximate surface area is 154 Å². The summed E-state index contributed by atoms with van der Waals surface area (Å²) in [6.07, 6.45) is 2.30. The van der Waals surface area contributed by atoms with Gasteiger partial charge in [0.25, 0.3) is 0 Å². The van der Waals surface area contributed by atoms with Gasteiger partial charge in [-0.05, 0) is 51.0 Å². The Bertz CT molecular complexity index is 525. The zero-order valence-corrected chi connectivity index (χ0v) is 15.9. The van der Waals surface area contributed by atoms with Crippen LogP contribution in [-0.2, 0) is 4.79 Å². The Morgan fingerprint density at radius 1 is 1.30 bits per heavy atom. The van der Waals surface area contributed by atoms with Crippen LogP contribution in [0.15, 0.2) is 29.3 Å². The van der Waals surface area contributed by atoms with E-state index in [1.54, 1.807) is 0 Å². The van der Waals surface area contributed by atoms with E-state index in [-0.39, 0.29) is 48.5 Å². The molecule has 1 saturated heterocycles. The van der Waals surface area contributed by atoms with Crippen molar-refractivity contribution in [2.24, 2.45) is 10.7 Å². The molecule has 6 nitrogen and oxygen atoms in total. The molecule has 0 aliphatic carbocycles. The first kappa shape index (κ1) is 19.5. The van der Waals surface area contributed by atoms with Crippen molar-refractivity contribution in [1.29, 1.82) is 0 Å². The van der Waals surface area contributed by atoms with Crippen LogP contribution < -0.4 is 15.8 Å². The van der Waals surface area contributed by atoms with Gasteiger partial charge in [-0.2, -0.15) is 0 Å². The Hall–Kier alpha value is -1.51. The number of anilines is 1. The van der Waals surface area contributed by atoms with Crippen molar-refractivity contribution in [2.45, 2.75) is 32.8 Å². The quantitative estimate of drug-likeness (QED) is 0.426. The molecular formula is C16H25IN4O2. The minimum Gasteiger partial charge on any atom is -0.491 e. The van der Waals surface area contributed by atoms with E-state index in [0.717, 1.165) is 37.4 Å². The molecule has 0 saturated carbocycles. The van der Waals surface area contributed by atoms with Crippen LogP contribution in [0, 0.1) is 0 Å². The highest BCUT2D eigenvalue weighted by Crippen LogP contribution is 2.16. The maximum atomic E-state index is 11.9. The fourth-order valence-corrected chi connectivity index (χ4v) is 2.30. The predicted molar refractivity (Wildman–Crippen MR) is 104 cm³/mol. The second-order valence-corrected chi connectivity index (χ2v) is 5.61. The number of ether oxygens (including phenoxy) is 1. The summed E-state index contributed by atoms with van der Waals surface area (Å²) in [6, 6.07) is 7.46. The van der Waals surface area contributed by atoms with Gasteiger partial charge in [-0.15, -0.1) is 24.0 Å². The molecule has 0 bridgehead atoms. The molecule has 3 N–H and O–H groups in total. The Morgan fingerprint density at radius 3 is 2.48 bits per heavy atom. The number of hydrogen-bond donors (Lipinski definition) is 2. The largest absolute Gasteiger partial charge is 0.491 e. The number of carbonyl (C=O) groups is 1. The number of hydrogen-bond acceptors (Lipinski definition) is 3. The van der Waals surface area contributed by atoms with Crippen LogP contribution >= 0.6 is 24.0 Å². The fourth-order valence-electron chi connectivity index (χ4n) is 2.30. The van der Waals surface area contributed by atoms with E-state index in [1.165, 1.54) is 0 Å². The molecule has 1 heterocycles. The zero-order valence-electron chi connectivity index (χ0n) is 13.6. The molecule has 1 amide bonds. The monoisotopic (exact) mass is 432 g/mol. The smallest absolute Gasteiger partial charge is 0.244 e. The summed E-state index contributed by atoms with van der Waals surface area (Å²) in [7, 11) is 0. The van der Waals surface area contributed by atoms with Crippen molar-refractivity contribution in [3.8, 4) is 5.75 Å². The highest BCUT2D eigenvalue weighted by atomic mass is 127. The van der Waals surface area contributed by atoms with Crippen LogP contribution in [0.5, 0.6) is 5.75 Å². The van der Waals surface area contributed by atoms with Gasteiger partial charge in [0.05, 0.1) is 6.10 Å². The molecule has 2 rings (SSSR count). The first-order chi connectivity index (χ1) is 10.5. The van der Waals surface area contributed by atoms with Crippen LogP contribution in [0.25, 0.3) is 0 Å². The number of aliphatic imine (C=N–C) groups is 1. The van der Waals surface area contributed by atoms with Gasteiger partial charge in [0.1, 0.15) is 12.3 Å². The molecule has 0 unspecified atom stereocenters. The summed E-state index contributed by atoms with van der Waals surface area (Å²) < 4.78 is 5.57. The van der Waals surface area contributed by atoms with E-state index < -0.39 is 0 Å². The SMILES string of the molecule is CC(C)Oc1ccc(NC(N)=NCC(=O)N2CCCC2)cc1.I. The zero-order chi connectivity index (χ0) is 15.9. The van der Waals surface area contributed by atoms with Crippen LogP contribution in [-0.4, -0.2) is 42.5 Å². The molecule has 128 valence electrons. The van der Waals surface area contributed by atoms with E-state index in [1.807, 2.05) is 43.0 Å². The molecule has 0 atom stereocenters. The molecule has 1 aliphatic rings. The summed E-state index contributed by atoms with van der Waals surface area (Å²) in [5.74, 6) is 1.08. The Kier molecular flexibility index (Phi) is 8.15.